The Bertz CT molecular complexity index is 424. The van der Waals surface area contributed by atoms with Crippen LogP contribution in [0.2, 0.25) is 0 Å². The second-order valence-electron chi connectivity index (χ2n) is 3.62. The minimum Gasteiger partial charge on any atom is -0.463 e. The van der Waals surface area contributed by atoms with Gasteiger partial charge in [-0.2, -0.15) is 0 Å². The fraction of sp³-hybridized carbons (Fsp3) is 0.538. The number of carbonyl (C=O) groups is 4. The van der Waals surface area contributed by atoms with Crippen LogP contribution in [0.5, 0.6) is 0 Å². The van der Waals surface area contributed by atoms with Gasteiger partial charge in [-0.05, 0) is 20.8 Å². The van der Waals surface area contributed by atoms with Crippen molar-refractivity contribution in [3.8, 4) is 0 Å². The van der Waals surface area contributed by atoms with E-state index >= 15 is 0 Å². The summed E-state index contributed by atoms with van der Waals surface area (Å²) >= 11 is 0. The van der Waals surface area contributed by atoms with E-state index in [-0.39, 0.29) is 18.8 Å². The van der Waals surface area contributed by atoms with Gasteiger partial charge < -0.3 is 18.9 Å². The van der Waals surface area contributed by atoms with Crippen LogP contribution < -0.4 is 0 Å². The van der Waals surface area contributed by atoms with Crippen LogP contribution in [0.25, 0.3) is 0 Å². The van der Waals surface area contributed by atoms with Crippen molar-refractivity contribution in [3.05, 3.63) is 11.6 Å². The summed E-state index contributed by atoms with van der Waals surface area (Å²) in [5.41, 5.74) is -0.0758. The zero-order valence-corrected chi connectivity index (χ0v) is 12.2. The van der Waals surface area contributed by atoms with Gasteiger partial charge in [0.25, 0.3) is 0 Å². The van der Waals surface area contributed by atoms with Gasteiger partial charge in [0, 0.05) is 11.6 Å². The molecule has 0 saturated carbocycles. The molecule has 21 heavy (non-hydrogen) atoms. The molecule has 8 heteroatoms. The number of carbonyl (C=O) groups excluding carboxylic acids is 4. The maximum Gasteiger partial charge on any atom is 0.344 e. The third-order valence-electron chi connectivity index (χ3n) is 1.92. The van der Waals surface area contributed by atoms with Crippen molar-refractivity contribution >= 4 is 23.9 Å². The fourth-order valence-electron chi connectivity index (χ4n) is 1.05. The Balaban J connectivity index is 4.19. The molecule has 0 spiro atoms. The molecule has 0 atom stereocenters. The molecule has 0 aliphatic rings. The summed E-state index contributed by atoms with van der Waals surface area (Å²) in [6, 6.07) is 0. The molecule has 118 valence electrons. The molecule has 8 nitrogen and oxygen atoms in total. The first kappa shape index (κ1) is 18.6. The molecule has 0 saturated heterocycles. The number of hydrogen-bond donors (Lipinski definition) is 0. The number of rotatable bonds is 8. The van der Waals surface area contributed by atoms with E-state index < -0.39 is 37.1 Å². The summed E-state index contributed by atoms with van der Waals surface area (Å²) in [4.78, 5) is 44.6. The van der Waals surface area contributed by atoms with E-state index in [4.69, 9.17) is 0 Å². The van der Waals surface area contributed by atoms with Crippen LogP contribution in [0.15, 0.2) is 11.6 Å². The molecule has 0 heterocycles. The van der Waals surface area contributed by atoms with Gasteiger partial charge in [0.05, 0.1) is 13.2 Å². The summed E-state index contributed by atoms with van der Waals surface area (Å²) in [5, 5.41) is 0. The Morgan fingerprint density at radius 3 is 1.76 bits per heavy atom. The Hall–Kier alpha value is -2.38. The van der Waals surface area contributed by atoms with E-state index in [2.05, 4.69) is 18.9 Å². The molecule has 0 amide bonds. The van der Waals surface area contributed by atoms with Crippen molar-refractivity contribution in [1.29, 1.82) is 0 Å². The summed E-state index contributed by atoms with van der Waals surface area (Å²) in [7, 11) is 0. The summed E-state index contributed by atoms with van der Waals surface area (Å²) in [5.74, 6) is -3.14. The highest BCUT2D eigenvalue weighted by Crippen LogP contribution is 1.98. The van der Waals surface area contributed by atoms with Gasteiger partial charge in [0.15, 0.2) is 13.2 Å². The first-order valence-electron chi connectivity index (χ1n) is 6.24. The van der Waals surface area contributed by atoms with Gasteiger partial charge in [-0.3, -0.25) is 0 Å². The van der Waals surface area contributed by atoms with Gasteiger partial charge in [-0.15, -0.1) is 0 Å². The third kappa shape index (κ3) is 9.20. The van der Waals surface area contributed by atoms with Crippen LogP contribution in [0.3, 0.4) is 0 Å². The predicted molar refractivity (Wildman–Crippen MR) is 68.9 cm³/mol. The Morgan fingerprint density at radius 2 is 1.29 bits per heavy atom. The normalized spacial score (nSPS) is 10.5. The molecule has 0 rings (SSSR count). The first-order chi connectivity index (χ1) is 9.90. The molecule has 0 unspecified atom stereocenters. The fourth-order valence-corrected chi connectivity index (χ4v) is 1.05. The van der Waals surface area contributed by atoms with Crippen molar-refractivity contribution in [3.63, 3.8) is 0 Å². The van der Waals surface area contributed by atoms with Gasteiger partial charge in [0.2, 0.25) is 0 Å². The Labute approximate surface area is 122 Å². The van der Waals surface area contributed by atoms with Gasteiger partial charge in [0.1, 0.15) is 0 Å². The van der Waals surface area contributed by atoms with E-state index in [0.717, 1.165) is 6.08 Å². The lowest BCUT2D eigenvalue weighted by Crippen LogP contribution is -2.18. The first-order valence-corrected chi connectivity index (χ1v) is 6.24. The van der Waals surface area contributed by atoms with E-state index in [9.17, 15) is 19.2 Å². The summed E-state index contributed by atoms with van der Waals surface area (Å²) < 4.78 is 18.3. The van der Waals surface area contributed by atoms with Crippen LogP contribution in [0.4, 0.5) is 0 Å². The van der Waals surface area contributed by atoms with Gasteiger partial charge in [-0.1, -0.05) is 0 Å². The average Bonchev–Trinajstić information content (AvgIpc) is 2.43. The molecular weight excluding hydrogens is 284 g/mol. The van der Waals surface area contributed by atoms with Crippen molar-refractivity contribution in [1.82, 2.24) is 0 Å². The third-order valence-corrected chi connectivity index (χ3v) is 1.92. The Kier molecular flexibility index (Phi) is 9.23. The van der Waals surface area contributed by atoms with Crippen LogP contribution in [-0.2, 0) is 38.1 Å². The maximum atomic E-state index is 11.4. The standard InChI is InChI=1S/C13H18O8/c1-4-18-11(15)7-20-10(14)6-9(3)13(17)21-8-12(16)19-5-2/h6H,4-5,7-8H2,1-3H3/b9-6-. The monoisotopic (exact) mass is 302 g/mol. The Morgan fingerprint density at radius 1 is 0.810 bits per heavy atom. The molecule has 0 bridgehead atoms. The molecule has 0 aliphatic carbocycles. The summed E-state index contributed by atoms with van der Waals surface area (Å²) in [6.07, 6.45) is 0.854. The highest BCUT2D eigenvalue weighted by Gasteiger charge is 2.13. The lowest BCUT2D eigenvalue weighted by atomic mass is 10.3. The average molecular weight is 302 g/mol. The second-order valence-corrected chi connectivity index (χ2v) is 3.62. The predicted octanol–water partition coefficient (Wildman–Crippen LogP) is 0.145. The van der Waals surface area contributed by atoms with E-state index in [1.165, 1.54) is 6.92 Å². The van der Waals surface area contributed by atoms with E-state index in [1.807, 2.05) is 0 Å². The van der Waals surface area contributed by atoms with Crippen molar-refractivity contribution in [2.75, 3.05) is 26.4 Å². The molecule has 0 aromatic heterocycles. The molecular formula is C13H18O8. The van der Waals surface area contributed by atoms with Gasteiger partial charge >= 0.3 is 23.9 Å². The summed E-state index contributed by atoms with van der Waals surface area (Å²) in [6.45, 7) is 3.79. The van der Waals surface area contributed by atoms with Crippen LogP contribution in [0.1, 0.15) is 20.8 Å². The van der Waals surface area contributed by atoms with Crippen molar-refractivity contribution in [2.24, 2.45) is 0 Å². The van der Waals surface area contributed by atoms with E-state index in [0.29, 0.717) is 0 Å². The van der Waals surface area contributed by atoms with Crippen LogP contribution in [0, 0.1) is 0 Å². The minimum atomic E-state index is -0.895. The highest BCUT2D eigenvalue weighted by atomic mass is 16.6. The molecule has 0 aromatic rings. The highest BCUT2D eigenvalue weighted by molar-refractivity contribution is 5.96. The molecule has 0 aromatic carbocycles. The molecule has 0 radical (unpaired) electrons. The second kappa shape index (κ2) is 10.4. The molecule has 0 N–H and O–H groups in total. The smallest absolute Gasteiger partial charge is 0.344 e. The zero-order chi connectivity index (χ0) is 16.3. The lowest BCUT2D eigenvalue weighted by molar-refractivity contribution is -0.157. The molecule has 0 aliphatic heterocycles. The van der Waals surface area contributed by atoms with Crippen molar-refractivity contribution < 1.29 is 38.1 Å². The number of esters is 4. The number of hydrogen-bond acceptors (Lipinski definition) is 8. The molecule has 0 fully saturated rings. The quantitative estimate of drug-likeness (QED) is 0.354. The van der Waals surface area contributed by atoms with Gasteiger partial charge in [-0.25, -0.2) is 19.2 Å². The zero-order valence-electron chi connectivity index (χ0n) is 12.2. The minimum absolute atomic E-state index is 0.0758. The topological polar surface area (TPSA) is 105 Å². The SMILES string of the molecule is CCOC(=O)COC(=O)/C=C(/C)C(=O)OCC(=O)OCC. The van der Waals surface area contributed by atoms with Crippen LogP contribution in [-0.4, -0.2) is 50.3 Å². The number of ether oxygens (including phenoxy) is 4. The van der Waals surface area contributed by atoms with Crippen molar-refractivity contribution in [2.45, 2.75) is 20.8 Å². The lowest BCUT2D eigenvalue weighted by Gasteiger charge is -2.05. The largest absolute Gasteiger partial charge is 0.463 e. The van der Waals surface area contributed by atoms with E-state index in [1.54, 1.807) is 13.8 Å². The van der Waals surface area contributed by atoms with Crippen LogP contribution >= 0.6 is 0 Å². The maximum absolute atomic E-state index is 11.4.